The molecule has 0 radical (unpaired) electrons. The van der Waals surface area contributed by atoms with Crippen molar-refractivity contribution in [1.82, 2.24) is 0 Å². The fourth-order valence-electron chi connectivity index (χ4n) is 2.10. The van der Waals surface area contributed by atoms with Gasteiger partial charge in [0.05, 0.1) is 0 Å². The molecule has 1 rings (SSSR count). The van der Waals surface area contributed by atoms with E-state index in [2.05, 4.69) is 6.92 Å². The molecule has 0 fully saturated rings. The summed E-state index contributed by atoms with van der Waals surface area (Å²) in [7, 11) is 0. The van der Waals surface area contributed by atoms with Crippen LogP contribution in [0.4, 0.5) is 0 Å². The molecule has 0 aromatic carbocycles. The quantitative estimate of drug-likeness (QED) is 0.553. The highest BCUT2D eigenvalue weighted by Gasteiger charge is 2.22. The highest BCUT2D eigenvalue weighted by atomic mass is 16.3. The van der Waals surface area contributed by atoms with Crippen LogP contribution in [0.3, 0.4) is 0 Å². The molecule has 1 N–H and O–H groups in total. The van der Waals surface area contributed by atoms with Crippen LogP contribution in [-0.2, 0) is 4.79 Å². The zero-order valence-corrected chi connectivity index (χ0v) is 10.3. The third-order valence-electron chi connectivity index (χ3n) is 3.11. The van der Waals surface area contributed by atoms with Crippen LogP contribution in [0.1, 0.15) is 52.4 Å². The van der Waals surface area contributed by atoms with E-state index in [9.17, 15) is 9.90 Å². The zero-order chi connectivity index (χ0) is 12.0. The maximum absolute atomic E-state index is 11.5. The molecule has 0 saturated heterocycles. The van der Waals surface area contributed by atoms with E-state index in [0.29, 0.717) is 5.57 Å². The highest BCUT2D eigenvalue weighted by molar-refractivity contribution is 6.08. The fourth-order valence-corrected chi connectivity index (χ4v) is 2.10. The molecule has 16 heavy (non-hydrogen) atoms. The Hall–Kier alpha value is -0.890. The number of hydrogen-bond acceptors (Lipinski definition) is 2. The summed E-state index contributed by atoms with van der Waals surface area (Å²) in [6.07, 6.45) is 9.46. The summed E-state index contributed by atoms with van der Waals surface area (Å²) in [5.74, 6) is -0.0152. The molecule has 0 aromatic rings. The van der Waals surface area contributed by atoms with Gasteiger partial charge < -0.3 is 5.11 Å². The maximum atomic E-state index is 11.5. The lowest BCUT2D eigenvalue weighted by molar-refractivity contribution is -0.111. The molecule has 2 heteroatoms. The van der Waals surface area contributed by atoms with Crippen LogP contribution in [0.25, 0.3) is 0 Å². The number of carbonyl (C=O) groups is 1. The van der Waals surface area contributed by atoms with Crippen LogP contribution in [0.2, 0.25) is 0 Å². The van der Waals surface area contributed by atoms with E-state index in [1.807, 2.05) is 6.92 Å². The Morgan fingerprint density at radius 3 is 2.56 bits per heavy atom. The van der Waals surface area contributed by atoms with Gasteiger partial charge in [0, 0.05) is 5.57 Å². The fraction of sp³-hybridized carbons (Fsp3) is 0.643. The molecular formula is C14H22O2. The molecule has 90 valence electrons. The van der Waals surface area contributed by atoms with Gasteiger partial charge in [-0.1, -0.05) is 38.2 Å². The van der Waals surface area contributed by atoms with Gasteiger partial charge in [-0.15, -0.1) is 0 Å². The minimum Gasteiger partial charge on any atom is -0.384 e. The molecule has 0 amide bonds. The van der Waals surface area contributed by atoms with Crippen molar-refractivity contribution in [2.24, 2.45) is 0 Å². The van der Waals surface area contributed by atoms with E-state index in [-0.39, 0.29) is 5.78 Å². The molecule has 0 aliphatic heterocycles. The molecule has 0 spiro atoms. The van der Waals surface area contributed by atoms with Gasteiger partial charge in [-0.25, -0.2) is 0 Å². The van der Waals surface area contributed by atoms with Crippen molar-refractivity contribution in [3.8, 4) is 0 Å². The molecule has 0 aromatic heterocycles. The van der Waals surface area contributed by atoms with Gasteiger partial charge in [-0.3, -0.25) is 4.79 Å². The normalized spacial score (nSPS) is 22.9. The van der Waals surface area contributed by atoms with E-state index in [1.165, 1.54) is 31.8 Å². The van der Waals surface area contributed by atoms with Gasteiger partial charge in [-0.05, 0) is 31.9 Å². The van der Waals surface area contributed by atoms with Crippen LogP contribution in [-0.4, -0.2) is 17.0 Å². The van der Waals surface area contributed by atoms with Crippen molar-refractivity contribution < 1.29 is 9.90 Å². The number of ketones is 1. The van der Waals surface area contributed by atoms with Crippen LogP contribution in [0, 0.1) is 0 Å². The minimum atomic E-state index is -0.664. The van der Waals surface area contributed by atoms with Crippen molar-refractivity contribution in [2.75, 3.05) is 0 Å². The second-order valence-corrected chi connectivity index (χ2v) is 4.53. The number of aliphatic hydroxyl groups is 1. The smallest absolute Gasteiger partial charge is 0.184 e. The second kappa shape index (κ2) is 6.64. The minimum absolute atomic E-state index is 0.0152. The van der Waals surface area contributed by atoms with Crippen molar-refractivity contribution in [2.45, 2.75) is 58.5 Å². The molecule has 1 atom stereocenters. The van der Waals surface area contributed by atoms with Gasteiger partial charge in [0.25, 0.3) is 0 Å². The van der Waals surface area contributed by atoms with Crippen LogP contribution >= 0.6 is 0 Å². The summed E-state index contributed by atoms with van der Waals surface area (Å²) in [6, 6.07) is 0. The molecule has 1 unspecified atom stereocenters. The number of rotatable bonds is 6. The Bertz CT molecular complexity index is 300. The standard InChI is InChI=1S/C14H22O2/c1-3-4-5-6-7-8-11(2)14-12(15)9-10-13(14)16/h9-10,12,15H,3-8H2,1-2H3/b14-11-. The number of hydrogen-bond donors (Lipinski definition) is 1. The van der Waals surface area contributed by atoms with E-state index in [0.717, 1.165) is 18.4 Å². The number of allylic oxidation sites excluding steroid dienone is 2. The third-order valence-corrected chi connectivity index (χ3v) is 3.11. The first-order valence-electron chi connectivity index (χ1n) is 6.27. The summed E-state index contributed by atoms with van der Waals surface area (Å²) in [6.45, 7) is 4.16. The Morgan fingerprint density at radius 2 is 2.00 bits per heavy atom. The summed E-state index contributed by atoms with van der Waals surface area (Å²) in [5, 5.41) is 9.61. The molecule has 0 bridgehead atoms. The summed E-state index contributed by atoms with van der Waals surface area (Å²) < 4.78 is 0. The average Bonchev–Trinajstić information content (AvgIpc) is 2.58. The summed E-state index contributed by atoms with van der Waals surface area (Å²) in [4.78, 5) is 11.5. The van der Waals surface area contributed by atoms with Crippen molar-refractivity contribution >= 4 is 5.78 Å². The predicted octanol–water partition coefficient (Wildman–Crippen LogP) is 3.16. The van der Waals surface area contributed by atoms with Crippen molar-refractivity contribution in [1.29, 1.82) is 0 Å². The van der Waals surface area contributed by atoms with Crippen molar-refractivity contribution in [3.05, 3.63) is 23.3 Å². The first-order valence-corrected chi connectivity index (χ1v) is 6.27. The Balaban J connectivity index is 2.36. The Labute approximate surface area is 98.1 Å². The van der Waals surface area contributed by atoms with Gasteiger partial charge in [-0.2, -0.15) is 0 Å². The van der Waals surface area contributed by atoms with Gasteiger partial charge >= 0.3 is 0 Å². The topological polar surface area (TPSA) is 37.3 Å². The molecule has 0 saturated carbocycles. The lowest BCUT2D eigenvalue weighted by Gasteiger charge is -2.08. The van der Waals surface area contributed by atoms with E-state index >= 15 is 0 Å². The predicted molar refractivity (Wildman–Crippen MR) is 66.2 cm³/mol. The van der Waals surface area contributed by atoms with Gasteiger partial charge in [0.2, 0.25) is 0 Å². The Kier molecular flexibility index (Phi) is 5.47. The van der Waals surface area contributed by atoms with Gasteiger partial charge in [0.1, 0.15) is 6.10 Å². The maximum Gasteiger partial charge on any atom is 0.184 e. The first-order chi connectivity index (χ1) is 7.66. The summed E-state index contributed by atoms with van der Waals surface area (Å²) >= 11 is 0. The lowest BCUT2D eigenvalue weighted by atomic mass is 9.99. The monoisotopic (exact) mass is 222 g/mol. The lowest BCUT2D eigenvalue weighted by Crippen LogP contribution is -2.09. The largest absolute Gasteiger partial charge is 0.384 e. The average molecular weight is 222 g/mol. The second-order valence-electron chi connectivity index (χ2n) is 4.53. The van der Waals surface area contributed by atoms with Crippen LogP contribution in [0.5, 0.6) is 0 Å². The highest BCUT2D eigenvalue weighted by Crippen LogP contribution is 2.22. The third kappa shape index (κ3) is 3.60. The molecule has 0 heterocycles. The Morgan fingerprint density at radius 1 is 1.31 bits per heavy atom. The molecule has 1 aliphatic rings. The molecular weight excluding hydrogens is 200 g/mol. The van der Waals surface area contributed by atoms with E-state index in [1.54, 1.807) is 6.08 Å². The van der Waals surface area contributed by atoms with E-state index < -0.39 is 6.10 Å². The first kappa shape index (κ1) is 13.2. The van der Waals surface area contributed by atoms with Crippen LogP contribution in [0.15, 0.2) is 23.3 Å². The van der Waals surface area contributed by atoms with Crippen LogP contribution < -0.4 is 0 Å². The van der Waals surface area contributed by atoms with Gasteiger partial charge in [0.15, 0.2) is 5.78 Å². The van der Waals surface area contributed by atoms with Crippen molar-refractivity contribution in [3.63, 3.8) is 0 Å². The zero-order valence-electron chi connectivity index (χ0n) is 10.3. The number of carbonyl (C=O) groups excluding carboxylic acids is 1. The SMILES string of the molecule is CCCCCCC/C(C)=C1\C(=O)C=CC1O. The van der Waals surface area contributed by atoms with E-state index in [4.69, 9.17) is 0 Å². The molecule has 1 aliphatic carbocycles. The summed E-state index contributed by atoms with van der Waals surface area (Å²) in [5.41, 5.74) is 1.66. The number of unbranched alkanes of at least 4 members (excludes halogenated alkanes) is 4. The number of aliphatic hydroxyl groups excluding tert-OH is 1. The molecule has 2 nitrogen and oxygen atoms in total.